The van der Waals surface area contributed by atoms with E-state index in [0.29, 0.717) is 25.3 Å². The number of fused-ring (bicyclic) bond motifs is 1. The third-order valence-corrected chi connectivity index (χ3v) is 5.17. The zero-order chi connectivity index (χ0) is 19.5. The van der Waals surface area contributed by atoms with Crippen molar-refractivity contribution in [2.24, 2.45) is 0 Å². The standard InChI is InChI=1S/C20H22ClN3O4.2ClH/c21-18-6-14(7-19(24-18)28-15-10-27-11-15)20(26)23-9-17(25)16-5-12-3-1-2-4-13(12)8-22-16;;/h1-4,6-7,15-17,22,25H,5,8-11H2,(H,23,26);2*1H. The molecule has 1 aromatic carbocycles. The second-order valence-electron chi connectivity index (χ2n) is 7.03. The number of nitrogens with zero attached hydrogens (tertiary/aromatic N) is 1. The number of benzene rings is 1. The summed E-state index contributed by atoms with van der Waals surface area (Å²) in [5.74, 6) is -0.0497. The van der Waals surface area contributed by atoms with E-state index in [9.17, 15) is 9.90 Å². The van der Waals surface area contributed by atoms with E-state index in [1.807, 2.05) is 12.1 Å². The SMILES string of the molecule is Cl.Cl.O=C(NCC(O)C1Cc2ccccc2CN1)c1cc(Cl)nc(OC2COC2)c1. The maximum absolute atomic E-state index is 12.5. The van der Waals surface area contributed by atoms with E-state index < -0.39 is 6.10 Å². The Morgan fingerprint density at radius 3 is 2.73 bits per heavy atom. The molecule has 2 aromatic rings. The molecule has 10 heteroatoms. The summed E-state index contributed by atoms with van der Waals surface area (Å²) in [7, 11) is 0. The largest absolute Gasteiger partial charge is 0.469 e. The van der Waals surface area contributed by atoms with Crippen LogP contribution in [0, 0.1) is 0 Å². The minimum Gasteiger partial charge on any atom is -0.469 e. The first kappa shape index (κ1) is 24.7. The highest BCUT2D eigenvalue weighted by Gasteiger charge is 2.25. The molecule has 0 bridgehead atoms. The van der Waals surface area contributed by atoms with Crippen molar-refractivity contribution in [1.82, 2.24) is 15.6 Å². The van der Waals surface area contributed by atoms with E-state index in [0.717, 1.165) is 6.42 Å². The van der Waals surface area contributed by atoms with E-state index in [1.165, 1.54) is 17.2 Å². The number of aliphatic hydroxyl groups excluding tert-OH is 1. The Labute approximate surface area is 192 Å². The molecule has 2 aliphatic heterocycles. The van der Waals surface area contributed by atoms with Crippen LogP contribution >= 0.6 is 36.4 Å². The van der Waals surface area contributed by atoms with Gasteiger partial charge in [-0.1, -0.05) is 35.9 Å². The first-order valence-electron chi connectivity index (χ1n) is 9.27. The molecular formula is C20H24Cl3N3O4. The molecule has 0 spiro atoms. The fourth-order valence-corrected chi connectivity index (χ4v) is 3.51. The lowest BCUT2D eigenvalue weighted by atomic mass is 9.93. The molecule has 2 atom stereocenters. The van der Waals surface area contributed by atoms with Crippen molar-refractivity contribution < 1.29 is 19.4 Å². The summed E-state index contributed by atoms with van der Waals surface area (Å²) in [4.78, 5) is 16.6. The first-order valence-corrected chi connectivity index (χ1v) is 9.64. The summed E-state index contributed by atoms with van der Waals surface area (Å²) in [5, 5.41) is 16.8. The number of aliphatic hydroxyl groups is 1. The van der Waals surface area contributed by atoms with Crippen LogP contribution in [0.1, 0.15) is 21.5 Å². The second kappa shape index (κ2) is 11.1. The van der Waals surface area contributed by atoms with Gasteiger partial charge in [-0.05, 0) is 23.6 Å². The van der Waals surface area contributed by atoms with Gasteiger partial charge >= 0.3 is 0 Å². The molecule has 0 aliphatic carbocycles. The fraction of sp³-hybridized carbons (Fsp3) is 0.400. The van der Waals surface area contributed by atoms with Gasteiger partial charge in [0.2, 0.25) is 5.88 Å². The highest BCUT2D eigenvalue weighted by atomic mass is 35.5. The van der Waals surface area contributed by atoms with E-state index >= 15 is 0 Å². The molecule has 1 fully saturated rings. The zero-order valence-corrected chi connectivity index (χ0v) is 18.4. The minimum atomic E-state index is -0.711. The van der Waals surface area contributed by atoms with Crippen LogP contribution in [0.3, 0.4) is 0 Å². The van der Waals surface area contributed by atoms with Gasteiger partial charge in [-0.3, -0.25) is 4.79 Å². The summed E-state index contributed by atoms with van der Waals surface area (Å²) in [5.41, 5.74) is 2.80. The van der Waals surface area contributed by atoms with E-state index in [2.05, 4.69) is 27.8 Å². The van der Waals surface area contributed by atoms with Crippen LogP contribution < -0.4 is 15.4 Å². The zero-order valence-electron chi connectivity index (χ0n) is 16.0. The van der Waals surface area contributed by atoms with Gasteiger partial charge in [0, 0.05) is 30.8 Å². The van der Waals surface area contributed by atoms with E-state index in [-0.39, 0.29) is 60.4 Å². The summed E-state index contributed by atoms with van der Waals surface area (Å²) in [6.45, 7) is 1.83. The second-order valence-corrected chi connectivity index (χ2v) is 7.42. The molecule has 30 heavy (non-hydrogen) atoms. The molecule has 1 amide bonds. The molecule has 0 saturated carbocycles. The minimum absolute atomic E-state index is 0. The van der Waals surface area contributed by atoms with E-state index in [4.69, 9.17) is 21.1 Å². The predicted octanol–water partition coefficient (Wildman–Crippen LogP) is 2.16. The lowest BCUT2D eigenvalue weighted by Crippen LogP contribution is -2.49. The van der Waals surface area contributed by atoms with Gasteiger partial charge in [-0.25, -0.2) is 4.98 Å². The van der Waals surface area contributed by atoms with Gasteiger partial charge in [-0.2, -0.15) is 0 Å². The smallest absolute Gasteiger partial charge is 0.251 e. The van der Waals surface area contributed by atoms with Gasteiger partial charge in [0.1, 0.15) is 11.3 Å². The molecule has 3 N–H and O–H groups in total. The Kier molecular flexibility index (Phi) is 9.15. The average Bonchev–Trinajstić information content (AvgIpc) is 2.68. The number of pyridine rings is 1. The number of hydrogen-bond donors (Lipinski definition) is 3. The molecule has 4 rings (SSSR count). The number of hydrogen-bond acceptors (Lipinski definition) is 6. The Morgan fingerprint density at radius 2 is 2.03 bits per heavy atom. The molecule has 3 heterocycles. The number of aromatic nitrogens is 1. The van der Waals surface area contributed by atoms with Crippen molar-refractivity contribution in [3.05, 3.63) is 58.2 Å². The third kappa shape index (κ3) is 5.97. The maximum Gasteiger partial charge on any atom is 0.251 e. The molecule has 1 saturated heterocycles. The summed E-state index contributed by atoms with van der Waals surface area (Å²) in [6.07, 6.45) is -0.0585. The highest BCUT2D eigenvalue weighted by molar-refractivity contribution is 6.29. The van der Waals surface area contributed by atoms with Gasteiger partial charge in [-0.15, -0.1) is 24.8 Å². The van der Waals surface area contributed by atoms with Crippen molar-refractivity contribution in [3.63, 3.8) is 0 Å². The Hall–Kier alpha value is -1.61. The number of carbonyl (C=O) groups excluding carboxylic acids is 1. The number of carbonyl (C=O) groups is 1. The van der Waals surface area contributed by atoms with Crippen molar-refractivity contribution >= 4 is 42.3 Å². The van der Waals surface area contributed by atoms with E-state index in [1.54, 1.807) is 6.07 Å². The fourth-order valence-electron chi connectivity index (χ4n) is 3.31. The molecule has 2 unspecified atom stereocenters. The van der Waals surface area contributed by atoms with Gasteiger partial charge < -0.3 is 25.2 Å². The molecule has 164 valence electrons. The highest BCUT2D eigenvalue weighted by Crippen LogP contribution is 2.20. The number of rotatable bonds is 6. The number of nitrogens with one attached hydrogen (secondary N) is 2. The lowest BCUT2D eigenvalue weighted by Gasteiger charge is -2.30. The van der Waals surface area contributed by atoms with Gasteiger partial charge in [0.15, 0.2) is 0 Å². The summed E-state index contributed by atoms with van der Waals surface area (Å²) in [6, 6.07) is 11.1. The first-order chi connectivity index (χ1) is 13.6. The van der Waals surface area contributed by atoms with Crippen molar-refractivity contribution in [2.45, 2.75) is 31.2 Å². The Bertz CT molecular complexity index is 867. The molecule has 7 nitrogen and oxygen atoms in total. The molecular weight excluding hydrogens is 453 g/mol. The monoisotopic (exact) mass is 475 g/mol. The summed E-state index contributed by atoms with van der Waals surface area (Å²) >= 11 is 6.01. The predicted molar refractivity (Wildman–Crippen MR) is 118 cm³/mol. The molecule has 1 aromatic heterocycles. The third-order valence-electron chi connectivity index (χ3n) is 4.98. The van der Waals surface area contributed by atoms with Crippen LogP contribution in [0.5, 0.6) is 5.88 Å². The molecule has 2 aliphatic rings. The molecule has 0 radical (unpaired) electrons. The van der Waals surface area contributed by atoms with Gasteiger partial charge in [0.25, 0.3) is 5.91 Å². The van der Waals surface area contributed by atoms with Crippen LogP contribution in [0.4, 0.5) is 0 Å². The summed E-state index contributed by atoms with van der Waals surface area (Å²) < 4.78 is 10.7. The number of ether oxygens (including phenoxy) is 2. The topological polar surface area (TPSA) is 92.7 Å². The van der Waals surface area contributed by atoms with Crippen molar-refractivity contribution in [3.8, 4) is 5.88 Å². The van der Waals surface area contributed by atoms with Crippen LogP contribution in [0.15, 0.2) is 36.4 Å². The van der Waals surface area contributed by atoms with Crippen LogP contribution in [-0.2, 0) is 17.7 Å². The Morgan fingerprint density at radius 1 is 1.30 bits per heavy atom. The van der Waals surface area contributed by atoms with Crippen molar-refractivity contribution in [2.75, 3.05) is 19.8 Å². The lowest BCUT2D eigenvalue weighted by molar-refractivity contribution is -0.0813. The normalized spacial score (nSPS) is 18.7. The average molecular weight is 477 g/mol. The maximum atomic E-state index is 12.5. The van der Waals surface area contributed by atoms with Crippen LogP contribution in [0.2, 0.25) is 5.15 Å². The Balaban J connectivity index is 0.00000160. The number of amides is 1. The quantitative estimate of drug-likeness (QED) is 0.553. The number of halogens is 3. The van der Waals surface area contributed by atoms with Crippen LogP contribution in [-0.4, -0.2) is 54.0 Å². The van der Waals surface area contributed by atoms with Crippen LogP contribution in [0.25, 0.3) is 0 Å². The van der Waals surface area contributed by atoms with Gasteiger partial charge in [0.05, 0.1) is 19.3 Å². The van der Waals surface area contributed by atoms with Crippen molar-refractivity contribution in [1.29, 1.82) is 0 Å².